The maximum absolute atomic E-state index is 12.9. The number of amides is 2. The van der Waals surface area contributed by atoms with Crippen molar-refractivity contribution in [2.24, 2.45) is 0 Å². The molecule has 1 atom stereocenters. The third-order valence-corrected chi connectivity index (χ3v) is 5.03. The fourth-order valence-corrected chi connectivity index (χ4v) is 3.76. The fourth-order valence-electron chi connectivity index (χ4n) is 3.57. The Morgan fingerprint density at radius 3 is 2.58 bits per heavy atom. The average molecular weight is 341 g/mol. The van der Waals surface area contributed by atoms with E-state index in [0.717, 1.165) is 13.0 Å². The first-order valence-corrected chi connectivity index (χ1v) is 8.44. The number of carbonyl (C=O) groups is 2. The van der Waals surface area contributed by atoms with Gasteiger partial charge in [0.2, 0.25) is 5.91 Å². The van der Waals surface area contributed by atoms with Crippen LogP contribution < -0.4 is 4.90 Å². The minimum atomic E-state index is -0.384. The minimum Gasteiger partial charge on any atom is -0.287 e. The van der Waals surface area contributed by atoms with Crippen LogP contribution in [-0.4, -0.2) is 29.3 Å². The lowest BCUT2D eigenvalue weighted by Gasteiger charge is -2.32. The highest BCUT2D eigenvalue weighted by Gasteiger charge is 2.43. The molecule has 2 aromatic carbocycles. The number of anilines is 1. The summed E-state index contributed by atoms with van der Waals surface area (Å²) in [6.07, 6.45) is 1.14. The van der Waals surface area contributed by atoms with Crippen LogP contribution in [0.5, 0.6) is 0 Å². The monoisotopic (exact) mass is 340 g/mol. The van der Waals surface area contributed by atoms with E-state index in [4.69, 9.17) is 11.6 Å². The average Bonchev–Trinajstić information content (AvgIpc) is 2.89. The molecule has 2 aliphatic rings. The van der Waals surface area contributed by atoms with E-state index in [0.29, 0.717) is 17.3 Å². The number of rotatable bonds is 2. The molecule has 122 valence electrons. The normalized spacial score (nSPS) is 21.2. The van der Waals surface area contributed by atoms with Crippen molar-refractivity contribution in [1.82, 2.24) is 4.90 Å². The van der Waals surface area contributed by atoms with Crippen LogP contribution in [0.2, 0.25) is 5.02 Å². The SMILES string of the molecule is O=C1C[C@@H](N2CCc3ccccc3C2)C(=O)N1c1cccc(Cl)c1. The zero-order valence-corrected chi connectivity index (χ0v) is 13.9. The maximum atomic E-state index is 12.9. The molecule has 0 saturated carbocycles. The summed E-state index contributed by atoms with van der Waals surface area (Å²) in [7, 11) is 0. The van der Waals surface area contributed by atoms with Gasteiger partial charge in [0.15, 0.2) is 0 Å². The predicted molar refractivity (Wildman–Crippen MR) is 92.9 cm³/mol. The van der Waals surface area contributed by atoms with Crippen LogP contribution >= 0.6 is 11.6 Å². The van der Waals surface area contributed by atoms with Gasteiger partial charge in [0, 0.05) is 18.1 Å². The van der Waals surface area contributed by atoms with Gasteiger partial charge in [-0.2, -0.15) is 0 Å². The molecule has 0 unspecified atom stereocenters. The number of fused-ring (bicyclic) bond motifs is 1. The Morgan fingerprint density at radius 1 is 1.00 bits per heavy atom. The number of carbonyl (C=O) groups excluding carboxylic acids is 2. The van der Waals surface area contributed by atoms with E-state index in [2.05, 4.69) is 17.0 Å². The van der Waals surface area contributed by atoms with Crippen molar-refractivity contribution >= 4 is 29.1 Å². The fraction of sp³-hybridized carbons (Fsp3) is 0.263. The molecule has 0 spiro atoms. The van der Waals surface area contributed by atoms with Gasteiger partial charge < -0.3 is 0 Å². The third-order valence-electron chi connectivity index (χ3n) is 4.79. The van der Waals surface area contributed by atoms with E-state index in [9.17, 15) is 9.59 Å². The molecule has 0 radical (unpaired) electrons. The van der Waals surface area contributed by atoms with Crippen molar-refractivity contribution in [3.63, 3.8) is 0 Å². The van der Waals surface area contributed by atoms with Gasteiger partial charge in [-0.25, -0.2) is 4.90 Å². The smallest absolute Gasteiger partial charge is 0.251 e. The number of hydrogen-bond donors (Lipinski definition) is 0. The van der Waals surface area contributed by atoms with Crippen molar-refractivity contribution in [3.8, 4) is 0 Å². The Balaban J connectivity index is 1.58. The molecule has 5 heteroatoms. The number of halogens is 1. The second kappa shape index (κ2) is 6.04. The zero-order valence-electron chi connectivity index (χ0n) is 13.1. The van der Waals surface area contributed by atoms with Crippen molar-refractivity contribution in [2.75, 3.05) is 11.4 Å². The summed E-state index contributed by atoms with van der Waals surface area (Å²) in [5, 5.41) is 0.517. The van der Waals surface area contributed by atoms with Crippen LogP contribution in [0.1, 0.15) is 17.5 Å². The van der Waals surface area contributed by atoms with E-state index >= 15 is 0 Å². The third kappa shape index (κ3) is 2.62. The topological polar surface area (TPSA) is 40.6 Å². The van der Waals surface area contributed by atoms with Gasteiger partial charge in [-0.15, -0.1) is 0 Å². The summed E-state index contributed by atoms with van der Waals surface area (Å²) in [6, 6.07) is 14.8. The number of benzene rings is 2. The van der Waals surface area contributed by atoms with Gasteiger partial charge in [0.1, 0.15) is 0 Å². The molecular weight excluding hydrogens is 324 g/mol. The van der Waals surface area contributed by atoms with Crippen LogP contribution in [0.4, 0.5) is 5.69 Å². The first-order chi connectivity index (χ1) is 11.6. The van der Waals surface area contributed by atoms with E-state index in [-0.39, 0.29) is 24.3 Å². The van der Waals surface area contributed by atoms with E-state index < -0.39 is 0 Å². The lowest BCUT2D eigenvalue weighted by atomic mass is 9.98. The first kappa shape index (κ1) is 15.4. The highest BCUT2D eigenvalue weighted by molar-refractivity contribution is 6.31. The maximum Gasteiger partial charge on any atom is 0.251 e. The number of imide groups is 1. The summed E-state index contributed by atoms with van der Waals surface area (Å²) in [6.45, 7) is 1.51. The lowest BCUT2D eigenvalue weighted by Crippen LogP contribution is -2.44. The quantitative estimate of drug-likeness (QED) is 0.789. The summed E-state index contributed by atoms with van der Waals surface area (Å²) in [4.78, 5) is 28.7. The Labute approximate surface area is 145 Å². The zero-order chi connectivity index (χ0) is 16.7. The molecule has 0 aromatic heterocycles. The first-order valence-electron chi connectivity index (χ1n) is 8.07. The van der Waals surface area contributed by atoms with Gasteiger partial charge in [-0.05, 0) is 35.7 Å². The molecule has 2 amide bonds. The van der Waals surface area contributed by atoms with Gasteiger partial charge >= 0.3 is 0 Å². The lowest BCUT2D eigenvalue weighted by molar-refractivity contribution is -0.123. The molecule has 1 saturated heterocycles. The Morgan fingerprint density at radius 2 is 1.79 bits per heavy atom. The highest BCUT2D eigenvalue weighted by Crippen LogP contribution is 2.30. The van der Waals surface area contributed by atoms with Crippen molar-refractivity contribution in [1.29, 1.82) is 0 Å². The number of nitrogens with zero attached hydrogens (tertiary/aromatic N) is 2. The summed E-state index contributed by atoms with van der Waals surface area (Å²) in [5.74, 6) is -0.312. The van der Waals surface area contributed by atoms with Crippen LogP contribution in [0.3, 0.4) is 0 Å². The molecular formula is C19H17ClN2O2. The molecule has 2 aromatic rings. The van der Waals surface area contributed by atoms with Gasteiger partial charge in [0.25, 0.3) is 5.91 Å². The summed E-state index contributed by atoms with van der Waals surface area (Å²) in [5.41, 5.74) is 3.12. The molecule has 0 N–H and O–H groups in total. The van der Waals surface area contributed by atoms with Crippen LogP contribution in [0, 0.1) is 0 Å². The highest BCUT2D eigenvalue weighted by atomic mass is 35.5. The second-order valence-corrected chi connectivity index (χ2v) is 6.69. The van der Waals surface area contributed by atoms with Crippen LogP contribution in [0.25, 0.3) is 0 Å². The van der Waals surface area contributed by atoms with E-state index in [1.165, 1.54) is 16.0 Å². The Kier molecular flexibility index (Phi) is 3.87. The molecule has 0 aliphatic carbocycles. The largest absolute Gasteiger partial charge is 0.287 e. The predicted octanol–water partition coefficient (Wildman–Crippen LogP) is 3.03. The molecule has 2 aliphatic heterocycles. The van der Waals surface area contributed by atoms with E-state index in [1.807, 2.05) is 12.1 Å². The molecule has 4 nitrogen and oxygen atoms in total. The Bertz CT molecular complexity index is 821. The van der Waals surface area contributed by atoms with Crippen molar-refractivity contribution in [3.05, 3.63) is 64.7 Å². The Hall–Kier alpha value is -2.17. The van der Waals surface area contributed by atoms with Crippen LogP contribution in [0.15, 0.2) is 48.5 Å². The summed E-state index contributed by atoms with van der Waals surface area (Å²) >= 11 is 6.00. The molecule has 24 heavy (non-hydrogen) atoms. The second-order valence-electron chi connectivity index (χ2n) is 6.26. The molecule has 1 fully saturated rings. The van der Waals surface area contributed by atoms with Crippen molar-refractivity contribution in [2.45, 2.75) is 25.4 Å². The molecule has 4 rings (SSSR count). The van der Waals surface area contributed by atoms with Gasteiger partial charge in [-0.3, -0.25) is 14.5 Å². The van der Waals surface area contributed by atoms with Gasteiger partial charge in [-0.1, -0.05) is 41.9 Å². The van der Waals surface area contributed by atoms with Crippen LogP contribution in [-0.2, 0) is 22.6 Å². The standard InChI is InChI=1S/C19H17ClN2O2/c20-15-6-3-7-16(10-15)22-18(23)11-17(19(22)24)21-9-8-13-4-1-2-5-14(13)12-21/h1-7,10,17H,8-9,11-12H2/t17-/m1/s1. The molecule has 0 bridgehead atoms. The van der Waals surface area contributed by atoms with E-state index in [1.54, 1.807) is 24.3 Å². The summed E-state index contributed by atoms with van der Waals surface area (Å²) < 4.78 is 0. The molecule has 2 heterocycles. The van der Waals surface area contributed by atoms with Crippen molar-refractivity contribution < 1.29 is 9.59 Å². The number of hydrogen-bond acceptors (Lipinski definition) is 3. The minimum absolute atomic E-state index is 0.151. The van der Waals surface area contributed by atoms with Gasteiger partial charge in [0.05, 0.1) is 18.2 Å².